The molecular formula is C26H37N3O4. The Balaban J connectivity index is 1.64. The van der Waals surface area contributed by atoms with Gasteiger partial charge in [0.2, 0.25) is 0 Å². The summed E-state index contributed by atoms with van der Waals surface area (Å²) in [5, 5.41) is 1.95. The second-order valence-corrected chi connectivity index (χ2v) is 9.21. The Hall–Kier alpha value is -2.67. The first-order valence-corrected chi connectivity index (χ1v) is 12.2. The van der Waals surface area contributed by atoms with E-state index in [1.165, 1.54) is 38.5 Å². The maximum atomic E-state index is 12.7. The number of carbonyl (C=O) groups is 1. The van der Waals surface area contributed by atoms with Crippen molar-refractivity contribution in [2.45, 2.75) is 64.8 Å². The zero-order chi connectivity index (χ0) is 23.2. The highest BCUT2D eigenvalue weighted by molar-refractivity contribution is 5.75. The van der Waals surface area contributed by atoms with Gasteiger partial charge in [-0.2, -0.15) is 0 Å². The van der Waals surface area contributed by atoms with Crippen molar-refractivity contribution < 1.29 is 19.0 Å². The van der Waals surface area contributed by atoms with Gasteiger partial charge in [0.1, 0.15) is 11.5 Å². The maximum absolute atomic E-state index is 12.7. The molecule has 2 heterocycles. The number of ether oxygens (including phenoxy) is 3. The SMILES string of the molecule is COc1ccc(OC)c(-c2cc(OC(=O)NN3CCCCC3)c(C)n2CC2CCCCC2)c1. The summed E-state index contributed by atoms with van der Waals surface area (Å²) in [7, 11) is 3.34. The van der Waals surface area contributed by atoms with Crippen LogP contribution in [-0.2, 0) is 6.54 Å². The van der Waals surface area contributed by atoms with Crippen LogP contribution in [0, 0.1) is 12.8 Å². The Bertz CT molecular complexity index is 943. The maximum Gasteiger partial charge on any atom is 0.427 e. The number of nitrogens with zero attached hydrogens (tertiary/aromatic N) is 2. The van der Waals surface area contributed by atoms with Gasteiger partial charge in [0, 0.05) is 31.3 Å². The number of piperidine rings is 1. The van der Waals surface area contributed by atoms with E-state index in [1.54, 1.807) is 14.2 Å². The van der Waals surface area contributed by atoms with Crippen molar-refractivity contribution in [3.63, 3.8) is 0 Å². The number of rotatable bonds is 7. The zero-order valence-electron chi connectivity index (χ0n) is 20.2. The Labute approximate surface area is 197 Å². The molecule has 0 bridgehead atoms. The average molecular weight is 456 g/mol. The fourth-order valence-electron chi connectivity index (χ4n) is 5.08. The minimum absolute atomic E-state index is 0.432. The molecule has 1 aliphatic carbocycles. The third-order valence-corrected chi connectivity index (χ3v) is 6.98. The van der Waals surface area contributed by atoms with Crippen LogP contribution in [0.4, 0.5) is 4.79 Å². The Kier molecular flexibility index (Phi) is 7.81. The smallest absolute Gasteiger partial charge is 0.427 e. The highest BCUT2D eigenvalue weighted by Gasteiger charge is 2.24. The van der Waals surface area contributed by atoms with Crippen LogP contribution in [0.3, 0.4) is 0 Å². The van der Waals surface area contributed by atoms with E-state index in [0.29, 0.717) is 11.7 Å². The van der Waals surface area contributed by atoms with Crippen molar-refractivity contribution in [3.8, 4) is 28.5 Å². The van der Waals surface area contributed by atoms with Gasteiger partial charge in [0.05, 0.1) is 25.6 Å². The molecule has 2 aromatic rings. The lowest BCUT2D eigenvalue weighted by atomic mass is 9.89. The first kappa shape index (κ1) is 23.5. The number of nitrogens with one attached hydrogen (secondary N) is 1. The van der Waals surface area contributed by atoms with Crippen LogP contribution < -0.4 is 19.6 Å². The molecule has 1 aliphatic heterocycles. The molecule has 1 aromatic carbocycles. The number of hydrogen-bond donors (Lipinski definition) is 1. The van der Waals surface area contributed by atoms with E-state index < -0.39 is 6.09 Å². The summed E-state index contributed by atoms with van der Waals surface area (Å²) in [4.78, 5) is 12.7. The van der Waals surface area contributed by atoms with E-state index in [-0.39, 0.29) is 0 Å². The van der Waals surface area contributed by atoms with Crippen LogP contribution in [0.15, 0.2) is 24.3 Å². The quantitative estimate of drug-likeness (QED) is 0.593. The number of benzene rings is 1. The van der Waals surface area contributed by atoms with Crippen LogP contribution in [0.5, 0.6) is 17.2 Å². The van der Waals surface area contributed by atoms with Crippen LogP contribution in [-0.4, -0.2) is 43.0 Å². The van der Waals surface area contributed by atoms with Crippen LogP contribution in [0.2, 0.25) is 0 Å². The monoisotopic (exact) mass is 455 g/mol. The van der Waals surface area contributed by atoms with Crippen molar-refractivity contribution >= 4 is 6.09 Å². The van der Waals surface area contributed by atoms with Gasteiger partial charge in [-0.1, -0.05) is 25.7 Å². The topological polar surface area (TPSA) is 65.0 Å². The molecule has 0 unspecified atom stereocenters. The third-order valence-electron chi connectivity index (χ3n) is 6.98. The summed E-state index contributed by atoms with van der Waals surface area (Å²) < 4.78 is 19.3. The number of carbonyl (C=O) groups excluding carboxylic acids is 1. The molecule has 2 fully saturated rings. The van der Waals surface area contributed by atoms with E-state index in [4.69, 9.17) is 14.2 Å². The molecule has 0 radical (unpaired) electrons. The van der Waals surface area contributed by atoms with Gasteiger partial charge >= 0.3 is 6.09 Å². The fraction of sp³-hybridized carbons (Fsp3) is 0.577. The molecule has 0 spiro atoms. The molecule has 1 amide bonds. The van der Waals surface area contributed by atoms with Gasteiger partial charge in [-0.15, -0.1) is 0 Å². The molecule has 1 saturated carbocycles. The molecule has 33 heavy (non-hydrogen) atoms. The second kappa shape index (κ2) is 11.0. The first-order valence-electron chi connectivity index (χ1n) is 12.2. The molecule has 1 aromatic heterocycles. The molecule has 4 rings (SSSR count). The van der Waals surface area contributed by atoms with Crippen LogP contribution in [0.1, 0.15) is 57.1 Å². The minimum Gasteiger partial charge on any atom is -0.497 e. The van der Waals surface area contributed by atoms with E-state index >= 15 is 0 Å². The summed E-state index contributed by atoms with van der Waals surface area (Å²) >= 11 is 0. The largest absolute Gasteiger partial charge is 0.497 e. The van der Waals surface area contributed by atoms with Gasteiger partial charge < -0.3 is 18.8 Å². The molecule has 180 valence electrons. The van der Waals surface area contributed by atoms with Crippen LogP contribution in [0.25, 0.3) is 11.3 Å². The molecule has 7 heteroatoms. The predicted molar refractivity (Wildman–Crippen MR) is 129 cm³/mol. The van der Waals surface area contributed by atoms with Gasteiger partial charge in [-0.25, -0.2) is 9.80 Å². The number of methoxy groups -OCH3 is 2. The van der Waals surface area contributed by atoms with Gasteiger partial charge in [0.15, 0.2) is 5.75 Å². The Morgan fingerprint density at radius 3 is 2.39 bits per heavy atom. The fourth-order valence-corrected chi connectivity index (χ4v) is 5.08. The molecular weight excluding hydrogens is 418 g/mol. The Morgan fingerprint density at radius 2 is 1.70 bits per heavy atom. The lowest BCUT2D eigenvalue weighted by Crippen LogP contribution is -2.46. The van der Waals surface area contributed by atoms with Crippen LogP contribution >= 0.6 is 0 Å². The third kappa shape index (κ3) is 5.64. The molecule has 7 nitrogen and oxygen atoms in total. The zero-order valence-corrected chi connectivity index (χ0v) is 20.2. The first-order chi connectivity index (χ1) is 16.1. The summed E-state index contributed by atoms with van der Waals surface area (Å²) in [6.07, 6.45) is 9.32. The van der Waals surface area contributed by atoms with E-state index in [0.717, 1.165) is 60.9 Å². The van der Waals surface area contributed by atoms with Crippen molar-refractivity contribution in [2.75, 3.05) is 27.3 Å². The Morgan fingerprint density at radius 1 is 0.970 bits per heavy atom. The van der Waals surface area contributed by atoms with Gasteiger partial charge in [0.25, 0.3) is 0 Å². The summed E-state index contributed by atoms with van der Waals surface area (Å²) in [5.74, 6) is 2.73. The lowest BCUT2D eigenvalue weighted by Gasteiger charge is -2.26. The average Bonchev–Trinajstić information content (AvgIpc) is 3.14. The standard InChI is InChI=1S/C26H37N3O4/c1-19-25(33-26(30)27-28-14-8-5-9-15-28)17-23(29(19)18-20-10-6-4-7-11-20)22-16-21(31-2)12-13-24(22)32-3/h12-13,16-17,20H,4-11,14-15,18H2,1-3H3,(H,27,30). The summed E-state index contributed by atoms with van der Waals surface area (Å²) in [6.45, 7) is 4.66. The molecule has 1 N–H and O–H groups in total. The predicted octanol–water partition coefficient (Wildman–Crippen LogP) is 5.55. The van der Waals surface area contributed by atoms with Gasteiger partial charge in [-0.05, 0) is 56.7 Å². The van der Waals surface area contributed by atoms with E-state index in [2.05, 4.69) is 9.99 Å². The minimum atomic E-state index is -0.432. The molecule has 1 saturated heterocycles. The number of hydrogen-bond acceptors (Lipinski definition) is 5. The highest BCUT2D eigenvalue weighted by Crippen LogP contribution is 2.39. The van der Waals surface area contributed by atoms with Crippen molar-refractivity contribution in [2.24, 2.45) is 5.92 Å². The lowest BCUT2D eigenvalue weighted by molar-refractivity contribution is 0.129. The van der Waals surface area contributed by atoms with E-state index in [1.807, 2.05) is 36.2 Å². The number of hydrazine groups is 1. The summed E-state index contributed by atoms with van der Waals surface area (Å²) in [5.41, 5.74) is 5.77. The van der Waals surface area contributed by atoms with E-state index in [9.17, 15) is 4.79 Å². The molecule has 0 atom stereocenters. The number of amides is 1. The second-order valence-electron chi connectivity index (χ2n) is 9.21. The molecule has 2 aliphatic rings. The highest BCUT2D eigenvalue weighted by atomic mass is 16.6. The van der Waals surface area contributed by atoms with Crippen molar-refractivity contribution in [3.05, 3.63) is 30.0 Å². The van der Waals surface area contributed by atoms with Gasteiger partial charge in [-0.3, -0.25) is 5.43 Å². The normalized spacial score (nSPS) is 17.5. The number of aromatic nitrogens is 1. The summed E-state index contributed by atoms with van der Waals surface area (Å²) in [6, 6.07) is 7.77. The van der Waals surface area contributed by atoms with Crippen molar-refractivity contribution in [1.82, 2.24) is 15.0 Å². The van der Waals surface area contributed by atoms with Crippen molar-refractivity contribution in [1.29, 1.82) is 0 Å².